The van der Waals surface area contributed by atoms with Gasteiger partial charge in [-0.25, -0.2) is 4.39 Å². The summed E-state index contributed by atoms with van der Waals surface area (Å²) in [6.45, 7) is 4.62. The van der Waals surface area contributed by atoms with Gasteiger partial charge in [0.05, 0.1) is 13.7 Å². The van der Waals surface area contributed by atoms with Crippen molar-refractivity contribution in [2.75, 3.05) is 7.11 Å². The van der Waals surface area contributed by atoms with Gasteiger partial charge in [0.25, 0.3) is 0 Å². The summed E-state index contributed by atoms with van der Waals surface area (Å²) in [7, 11) is 1.49. The van der Waals surface area contributed by atoms with Gasteiger partial charge < -0.3 is 4.74 Å². The molecule has 1 aliphatic heterocycles. The van der Waals surface area contributed by atoms with Crippen molar-refractivity contribution in [3.05, 3.63) is 28.6 Å². The second kappa shape index (κ2) is 3.65. The van der Waals surface area contributed by atoms with Crippen LogP contribution in [0, 0.1) is 5.82 Å². The van der Waals surface area contributed by atoms with Crippen LogP contribution in [-0.2, 0) is 6.54 Å². The number of hydrogen-bond donors (Lipinski definition) is 0. The second-order valence-electron chi connectivity index (χ2n) is 4.00. The Morgan fingerprint density at radius 3 is 2.80 bits per heavy atom. The van der Waals surface area contributed by atoms with E-state index in [1.165, 1.54) is 7.11 Å². The molecule has 1 aliphatic rings. The fraction of sp³-hybridized carbons (Fsp3) is 0.417. The molecular weight excluding hydrogens is 193 g/mol. The Bertz CT molecular complexity index is 424. The van der Waals surface area contributed by atoms with Gasteiger partial charge in [-0.15, -0.1) is 0 Å². The van der Waals surface area contributed by atoms with E-state index in [4.69, 9.17) is 4.74 Å². The largest absolute Gasteiger partial charge is 0.493 e. The first-order chi connectivity index (χ1) is 7.15. The molecule has 1 aromatic carbocycles. The monoisotopic (exact) mass is 207 g/mol. The minimum atomic E-state index is -0.287. The number of methoxy groups -OCH3 is 1. The fourth-order valence-electron chi connectivity index (χ4n) is 1.96. The molecule has 0 amide bonds. The summed E-state index contributed by atoms with van der Waals surface area (Å²) >= 11 is 0. The number of halogens is 1. The molecule has 0 N–H and O–H groups in total. The lowest BCUT2D eigenvalue weighted by molar-refractivity contribution is 0.381. The highest BCUT2D eigenvalue weighted by molar-refractivity contribution is 5.88. The summed E-state index contributed by atoms with van der Waals surface area (Å²) in [6.07, 6.45) is 1.81. The fourth-order valence-corrected chi connectivity index (χ4v) is 1.96. The van der Waals surface area contributed by atoms with Gasteiger partial charge in [0, 0.05) is 17.3 Å². The van der Waals surface area contributed by atoms with Crippen LogP contribution in [0.5, 0.6) is 5.75 Å². The smallest absolute Gasteiger partial charge is 0.165 e. The van der Waals surface area contributed by atoms with E-state index in [2.05, 4.69) is 4.99 Å². The molecule has 3 heteroatoms. The number of ether oxygens (including phenoxy) is 1. The third-order valence-corrected chi connectivity index (χ3v) is 2.71. The molecule has 0 fully saturated rings. The molecule has 1 heterocycles. The third kappa shape index (κ3) is 1.52. The highest BCUT2D eigenvalue weighted by Crippen LogP contribution is 2.34. The number of rotatable bonds is 2. The van der Waals surface area contributed by atoms with E-state index in [0.717, 1.165) is 16.7 Å². The van der Waals surface area contributed by atoms with Gasteiger partial charge in [0.15, 0.2) is 11.6 Å². The van der Waals surface area contributed by atoms with Crippen LogP contribution >= 0.6 is 0 Å². The number of benzene rings is 1. The molecule has 15 heavy (non-hydrogen) atoms. The lowest BCUT2D eigenvalue weighted by atomic mass is 9.94. The summed E-state index contributed by atoms with van der Waals surface area (Å²) in [5.74, 6) is 0.348. The maximum Gasteiger partial charge on any atom is 0.165 e. The van der Waals surface area contributed by atoms with Crippen LogP contribution in [0.4, 0.5) is 4.39 Å². The van der Waals surface area contributed by atoms with Crippen molar-refractivity contribution in [1.29, 1.82) is 0 Å². The van der Waals surface area contributed by atoms with E-state index < -0.39 is 0 Å². The van der Waals surface area contributed by atoms with E-state index in [0.29, 0.717) is 18.2 Å². The number of aliphatic imine (C=N–C) groups is 1. The first-order valence-electron chi connectivity index (χ1n) is 5.04. The lowest BCUT2D eigenvalue weighted by Gasteiger charge is -2.14. The highest BCUT2D eigenvalue weighted by atomic mass is 19.1. The van der Waals surface area contributed by atoms with Crippen LogP contribution in [0.1, 0.15) is 36.5 Å². The van der Waals surface area contributed by atoms with Crippen LogP contribution in [0.2, 0.25) is 0 Å². The van der Waals surface area contributed by atoms with E-state index in [1.807, 2.05) is 20.1 Å². The SMILES string of the molecule is COc1c(F)cc(C(C)C)c2c1CN=C2. The van der Waals surface area contributed by atoms with Gasteiger partial charge in [-0.2, -0.15) is 0 Å². The van der Waals surface area contributed by atoms with Crippen LogP contribution in [0.15, 0.2) is 11.1 Å². The van der Waals surface area contributed by atoms with Crippen LogP contribution in [-0.4, -0.2) is 13.3 Å². The third-order valence-electron chi connectivity index (χ3n) is 2.71. The molecule has 0 atom stereocenters. The Hall–Kier alpha value is -1.38. The first-order valence-corrected chi connectivity index (χ1v) is 5.04. The summed E-state index contributed by atoms with van der Waals surface area (Å²) in [6, 6.07) is 1.56. The predicted octanol–water partition coefficient (Wildman–Crippen LogP) is 2.89. The molecule has 0 radical (unpaired) electrons. The van der Waals surface area contributed by atoms with Gasteiger partial charge in [0.1, 0.15) is 0 Å². The van der Waals surface area contributed by atoms with Crippen molar-refractivity contribution in [2.45, 2.75) is 26.3 Å². The molecule has 0 bridgehead atoms. The summed E-state index contributed by atoms with van der Waals surface area (Å²) in [5.41, 5.74) is 2.91. The van der Waals surface area contributed by atoms with Gasteiger partial charge in [-0.3, -0.25) is 4.99 Å². The number of fused-ring (bicyclic) bond motifs is 1. The van der Waals surface area contributed by atoms with E-state index in [9.17, 15) is 4.39 Å². The zero-order valence-corrected chi connectivity index (χ0v) is 9.17. The Morgan fingerprint density at radius 1 is 1.47 bits per heavy atom. The molecule has 0 spiro atoms. The lowest BCUT2D eigenvalue weighted by Crippen LogP contribution is -2.02. The van der Waals surface area contributed by atoms with Crippen LogP contribution in [0.25, 0.3) is 0 Å². The summed E-state index contributed by atoms with van der Waals surface area (Å²) in [4.78, 5) is 4.17. The molecule has 0 unspecified atom stereocenters. The van der Waals surface area contributed by atoms with Gasteiger partial charge in [0.2, 0.25) is 0 Å². The van der Waals surface area contributed by atoms with Crippen molar-refractivity contribution in [1.82, 2.24) is 0 Å². The molecule has 0 saturated heterocycles. The van der Waals surface area contributed by atoms with E-state index in [1.54, 1.807) is 6.07 Å². The Kier molecular flexibility index (Phi) is 2.47. The minimum absolute atomic E-state index is 0.287. The average molecular weight is 207 g/mol. The molecule has 2 nitrogen and oxygen atoms in total. The molecule has 0 aromatic heterocycles. The minimum Gasteiger partial charge on any atom is -0.493 e. The van der Waals surface area contributed by atoms with Crippen molar-refractivity contribution < 1.29 is 9.13 Å². The summed E-state index contributed by atoms with van der Waals surface area (Å²) in [5, 5.41) is 0. The van der Waals surface area contributed by atoms with Crippen molar-refractivity contribution in [3.8, 4) is 5.75 Å². The Balaban J connectivity index is 2.66. The van der Waals surface area contributed by atoms with Crippen molar-refractivity contribution >= 4 is 6.21 Å². The molecule has 0 aliphatic carbocycles. The zero-order valence-electron chi connectivity index (χ0n) is 9.17. The number of nitrogens with zero attached hydrogens (tertiary/aromatic N) is 1. The highest BCUT2D eigenvalue weighted by Gasteiger charge is 2.21. The molecule has 1 aromatic rings. The van der Waals surface area contributed by atoms with E-state index in [-0.39, 0.29) is 5.82 Å². The van der Waals surface area contributed by atoms with E-state index >= 15 is 0 Å². The molecule has 80 valence electrons. The van der Waals surface area contributed by atoms with Crippen LogP contribution in [0.3, 0.4) is 0 Å². The zero-order chi connectivity index (χ0) is 11.0. The summed E-state index contributed by atoms with van der Waals surface area (Å²) < 4.78 is 18.8. The Morgan fingerprint density at radius 2 is 2.20 bits per heavy atom. The van der Waals surface area contributed by atoms with Gasteiger partial charge >= 0.3 is 0 Å². The molecule has 2 rings (SSSR count). The Labute approximate surface area is 88.8 Å². The van der Waals surface area contributed by atoms with Crippen molar-refractivity contribution in [2.24, 2.45) is 4.99 Å². The normalized spacial score (nSPS) is 13.4. The average Bonchev–Trinajstić information content (AvgIpc) is 2.64. The van der Waals surface area contributed by atoms with Crippen molar-refractivity contribution in [3.63, 3.8) is 0 Å². The maximum absolute atomic E-state index is 13.7. The molecular formula is C12H14FNO. The standard InChI is InChI=1S/C12H14FNO/c1-7(2)8-4-11(13)12(15-3)10-6-14-5-9(8)10/h4-5,7H,6H2,1-3H3. The molecule has 0 saturated carbocycles. The topological polar surface area (TPSA) is 21.6 Å². The van der Waals surface area contributed by atoms with Gasteiger partial charge in [-0.1, -0.05) is 13.8 Å². The first kappa shape index (κ1) is 10.1. The predicted molar refractivity (Wildman–Crippen MR) is 58.3 cm³/mol. The number of hydrogen-bond acceptors (Lipinski definition) is 2. The second-order valence-corrected chi connectivity index (χ2v) is 4.00. The van der Waals surface area contributed by atoms with Gasteiger partial charge in [-0.05, 0) is 17.5 Å². The quantitative estimate of drug-likeness (QED) is 0.730. The maximum atomic E-state index is 13.7. The van der Waals surface area contributed by atoms with Crippen LogP contribution < -0.4 is 4.74 Å².